The molecule has 0 saturated carbocycles. The highest BCUT2D eigenvalue weighted by atomic mass is 16.6. The highest BCUT2D eigenvalue weighted by molar-refractivity contribution is 5.85. The summed E-state index contributed by atoms with van der Waals surface area (Å²) in [7, 11) is 1.62. The smallest absolute Gasteiger partial charge is 0.413 e. The molecular formula is C17H20N2O3. The van der Waals surface area contributed by atoms with E-state index >= 15 is 0 Å². The van der Waals surface area contributed by atoms with E-state index in [4.69, 9.17) is 9.47 Å². The van der Waals surface area contributed by atoms with Gasteiger partial charge in [-0.05, 0) is 44.5 Å². The van der Waals surface area contributed by atoms with Gasteiger partial charge >= 0.3 is 6.09 Å². The van der Waals surface area contributed by atoms with Gasteiger partial charge in [-0.15, -0.1) is 0 Å². The van der Waals surface area contributed by atoms with Gasteiger partial charge in [-0.2, -0.15) is 0 Å². The highest BCUT2D eigenvalue weighted by Crippen LogP contribution is 2.30. The van der Waals surface area contributed by atoms with Crippen LogP contribution in [0.3, 0.4) is 0 Å². The number of benzene rings is 1. The van der Waals surface area contributed by atoms with E-state index in [0.29, 0.717) is 5.82 Å². The zero-order valence-electron chi connectivity index (χ0n) is 13.2. The monoisotopic (exact) mass is 300 g/mol. The summed E-state index contributed by atoms with van der Waals surface area (Å²) < 4.78 is 10.6. The quantitative estimate of drug-likeness (QED) is 0.927. The number of amides is 1. The molecule has 116 valence electrons. The summed E-state index contributed by atoms with van der Waals surface area (Å²) in [4.78, 5) is 15.9. The second-order valence-electron chi connectivity index (χ2n) is 5.76. The average molecular weight is 300 g/mol. The van der Waals surface area contributed by atoms with Crippen molar-refractivity contribution in [3.05, 3.63) is 42.6 Å². The SMILES string of the molecule is COc1ccccc1-c1ccnc(NC(=O)OC(C)(C)C)c1. The number of hydrogen-bond acceptors (Lipinski definition) is 4. The Morgan fingerprint density at radius 3 is 2.59 bits per heavy atom. The average Bonchev–Trinajstić information content (AvgIpc) is 2.45. The summed E-state index contributed by atoms with van der Waals surface area (Å²) in [5, 5.41) is 2.63. The molecule has 1 aromatic carbocycles. The van der Waals surface area contributed by atoms with Crippen molar-refractivity contribution in [2.45, 2.75) is 26.4 Å². The second-order valence-corrected chi connectivity index (χ2v) is 5.76. The molecule has 2 rings (SSSR count). The van der Waals surface area contributed by atoms with E-state index in [0.717, 1.165) is 16.9 Å². The van der Waals surface area contributed by atoms with E-state index in [9.17, 15) is 4.79 Å². The van der Waals surface area contributed by atoms with Crippen LogP contribution in [0.2, 0.25) is 0 Å². The number of pyridine rings is 1. The van der Waals surface area contributed by atoms with Crippen LogP contribution in [-0.4, -0.2) is 23.8 Å². The van der Waals surface area contributed by atoms with Crippen molar-refractivity contribution >= 4 is 11.9 Å². The van der Waals surface area contributed by atoms with Crippen LogP contribution < -0.4 is 10.1 Å². The number of rotatable bonds is 3. The number of nitrogens with zero attached hydrogens (tertiary/aromatic N) is 1. The number of aromatic nitrogens is 1. The van der Waals surface area contributed by atoms with Gasteiger partial charge in [-0.25, -0.2) is 9.78 Å². The van der Waals surface area contributed by atoms with E-state index in [1.807, 2.05) is 51.1 Å². The molecule has 0 radical (unpaired) electrons. The third kappa shape index (κ3) is 4.22. The van der Waals surface area contributed by atoms with Crippen molar-refractivity contribution in [1.29, 1.82) is 0 Å². The van der Waals surface area contributed by atoms with Gasteiger partial charge in [-0.1, -0.05) is 18.2 Å². The summed E-state index contributed by atoms with van der Waals surface area (Å²) in [5.74, 6) is 1.19. The molecule has 2 aromatic rings. The highest BCUT2D eigenvalue weighted by Gasteiger charge is 2.16. The van der Waals surface area contributed by atoms with Crippen molar-refractivity contribution < 1.29 is 14.3 Å². The molecule has 22 heavy (non-hydrogen) atoms. The Kier molecular flexibility index (Phi) is 4.65. The molecule has 5 nitrogen and oxygen atoms in total. The maximum absolute atomic E-state index is 11.8. The van der Waals surface area contributed by atoms with Gasteiger partial charge in [0.1, 0.15) is 17.2 Å². The van der Waals surface area contributed by atoms with E-state index in [1.165, 1.54) is 0 Å². The minimum Gasteiger partial charge on any atom is -0.496 e. The van der Waals surface area contributed by atoms with Crippen LogP contribution >= 0.6 is 0 Å². The van der Waals surface area contributed by atoms with Crippen molar-refractivity contribution in [3.8, 4) is 16.9 Å². The predicted octanol–water partition coefficient (Wildman–Crippen LogP) is 4.10. The van der Waals surface area contributed by atoms with Gasteiger partial charge in [0.15, 0.2) is 0 Å². The fraction of sp³-hybridized carbons (Fsp3) is 0.294. The number of para-hydroxylation sites is 1. The Bertz CT molecular complexity index is 663. The van der Waals surface area contributed by atoms with Gasteiger partial charge < -0.3 is 9.47 Å². The Morgan fingerprint density at radius 1 is 1.18 bits per heavy atom. The molecule has 0 unspecified atom stereocenters. The van der Waals surface area contributed by atoms with Gasteiger partial charge in [0.05, 0.1) is 7.11 Å². The first kappa shape index (κ1) is 15.8. The Hall–Kier alpha value is -2.56. The molecule has 5 heteroatoms. The number of ether oxygens (including phenoxy) is 2. The zero-order chi connectivity index (χ0) is 16.2. The van der Waals surface area contributed by atoms with Gasteiger partial charge in [0.2, 0.25) is 0 Å². The van der Waals surface area contributed by atoms with Crippen molar-refractivity contribution in [2.75, 3.05) is 12.4 Å². The first-order chi connectivity index (χ1) is 10.4. The zero-order valence-corrected chi connectivity index (χ0v) is 13.2. The third-order valence-electron chi connectivity index (χ3n) is 2.81. The lowest BCUT2D eigenvalue weighted by Gasteiger charge is -2.19. The first-order valence-corrected chi connectivity index (χ1v) is 6.98. The summed E-state index contributed by atoms with van der Waals surface area (Å²) in [6, 6.07) is 11.3. The van der Waals surface area contributed by atoms with Crippen LogP contribution in [0.15, 0.2) is 42.6 Å². The van der Waals surface area contributed by atoms with E-state index in [1.54, 1.807) is 19.4 Å². The van der Waals surface area contributed by atoms with E-state index in [-0.39, 0.29) is 0 Å². The van der Waals surface area contributed by atoms with E-state index < -0.39 is 11.7 Å². The molecule has 0 fully saturated rings. The minimum atomic E-state index is -0.551. The number of nitrogens with one attached hydrogen (secondary N) is 1. The first-order valence-electron chi connectivity index (χ1n) is 6.98. The Labute approximate surface area is 130 Å². The van der Waals surface area contributed by atoms with Gasteiger partial charge in [0.25, 0.3) is 0 Å². The Morgan fingerprint density at radius 2 is 1.91 bits per heavy atom. The molecule has 1 heterocycles. The topological polar surface area (TPSA) is 60.5 Å². The molecule has 0 aliphatic rings. The van der Waals surface area contributed by atoms with Crippen molar-refractivity contribution in [2.24, 2.45) is 0 Å². The summed E-state index contributed by atoms with van der Waals surface area (Å²) in [6.45, 7) is 5.43. The summed E-state index contributed by atoms with van der Waals surface area (Å²) in [5.41, 5.74) is 1.28. The second kappa shape index (κ2) is 6.47. The van der Waals surface area contributed by atoms with Crippen LogP contribution in [0.25, 0.3) is 11.1 Å². The molecule has 1 amide bonds. The number of hydrogen-bond donors (Lipinski definition) is 1. The van der Waals surface area contributed by atoms with Crippen LogP contribution in [0.1, 0.15) is 20.8 Å². The summed E-state index contributed by atoms with van der Waals surface area (Å²) >= 11 is 0. The minimum absolute atomic E-state index is 0.428. The largest absolute Gasteiger partial charge is 0.496 e. The molecule has 0 aliphatic heterocycles. The van der Waals surface area contributed by atoms with Crippen LogP contribution in [0, 0.1) is 0 Å². The van der Waals surface area contributed by atoms with Crippen molar-refractivity contribution in [3.63, 3.8) is 0 Å². The molecule has 0 saturated heterocycles. The predicted molar refractivity (Wildman–Crippen MR) is 86.1 cm³/mol. The Balaban J connectivity index is 2.22. The maximum atomic E-state index is 11.8. The molecule has 0 bridgehead atoms. The lowest BCUT2D eigenvalue weighted by molar-refractivity contribution is 0.0635. The fourth-order valence-corrected chi connectivity index (χ4v) is 1.96. The standard InChI is InChI=1S/C17H20N2O3/c1-17(2,3)22-16(20)19-15-11-12(9-10-18-15)13-7-5-6-8-14(13)21-4/h5-11H,1-4H3,(H,18,19,20). The molecule has 0 atom stereocenters. The fourth-order valence-electron chi connectivity index (χ4n) is 1.96. The number of carbonyl (C=O) groups is 1. The number of methoxy groups -OCH3 is 1. The lowest BCUT2D eigenvalue weighted by atomic mass is 10.1. The van der Waals surface area contributed by atoms with E-state index in [2.05, 4.69) is 10.3 Å². The van der Waals surface area contributed by atoms with Gasteiger partial charge in [-0.3, -0.25) is 5.32 Å². The normalized spacial score (nSPS) is 10.9. The molecule has 0 spiro atoms. The van der Waals surface area contributed by atoms with Crippen LogP contribution in [0.5, 0.6) is 5.75 Å². The number of carbonyl (C=O) groups excluding carboxylic acids is 1. The molecule has 1 N–H and O–H groups in total. The van der Waals surface area contributed by atoms with Gasteiger partial charge in [0, 0.05) is 11.8 Å². The third-order valence-corrected chi connectivity index (χ3v) is 2.81. The molecule has 0 aliphatic carbocycles. The summed E-state index contributed by atoms with van der Waals surface area (Å²) in [6.07, 6.45) is 1.10. The number of anilines is 1. The lowest BCUT2D eigenvalue weighted by Crippen LogP contribution is -2.27. The van der Waals surface area contributed by atoms with Crippen LogP contribution in [0.4, 0.5) is 10.6 Å². The molecular weight excluding hydrogens is 280 g/mol. The van der Waals surface area contributed by atoms with Crippen LogP contribution in [-0.2, 0) is 4.74 Å². The van der Waals surface area contributed by atoms with Crippen molar-refractivity contribution in [1.82, 2.24) is 4.98 Å². The maximum Gasteiger partial charge on any atom is 0.413 e. The molecule has 1 aromatic heterocycles.